The molecule has 0 aliphatic heterocycles. The Bertz CT molecular complexity index is 1600. The molecular formula is C27H24N4O3. The average molecular weight is 453 g/mol. The summed E-state index contributed by atoms with van der Waals surface area (Å²) in [5.74, 6) is 0.609. The lowest BCUT2D eigenvalue weighted by atomic mass is 10.1. The molecule has 0 spiro atoms. The second kappa shape index (κ2) is 8.86. The zero-order valence-electron chi connectivity index (χ0n) is 19.0. The molecule has 0 bridgehead atoms. The number of fused-ring (bicyclic) bond motifs is 1. The number of nitrogens with zero attached hydrogens (tertiary/aromatic N) is 4. The number of aryl methyl sites for hydroxylation is 1. The van der Waals surface area contributed by atoms with Gasteiger partial charge >= 0.3 is 5.69 Å². The summed E-state index contributed by atoms with van der Waals surface area (Å²) in [6.07, 6.45) is 1.63. The Hall–Kier alpha value is -4.39. The Labute approximate surface area is 196 Å². The van der Waals surface area contributed by atoms with E-state index >= 15 is 0 Å². The predicted molar refractivity (Wildman–Crippen MR) is 132 cm³/mol. The van der Waals surface area contributed by atoms with E-state index in [0.717, 1.165) is 16.7 Å². The van der Waals surface area contributed by atoms with Crippen molar-refractivity contribution in [2.24, 2.45) is 0 Å². The third-order valence-corrected chi connectivity index (χ3v) is 6.00. The standard InChI is InChI=1S/C27H24N4O3/c1-19-9-6-7-12-21(19)17-29-18-28-25-24(29)26(32)30(16-20-10-4-3-5-11-20)27(33)31(25)22-13-8-14-23(15-22)34-2/h3-15,18H,16-17H2,1-2H3. The van der Waals surface area contributed by atoms with Crippen LogP contribution in [0.5, 0.6) is 5.75 Å². The van der Waals surface area contributed by atoms with Crippen LogP contribution in [0.4, 0.5) is 0 Å². The maximum atomic E-state index is 13.7. The van der Waals surface area contributed by atoms with Gasteiger partial charge in [-0.25, -0.2) is 14.3 Å². The van der Waals surface area contributed by atoms with E-state index in [1.807, 2.05) is 78.2 Å². The molecule has 0 aliphatic carbocycles. The lowest BCUT2D eigenvalue weighted by molar-refractivity contribution is 0.414. The molecule has 5 rings (SSSR count). The van der Waals surface area contributed by atoms with E-state index in [0.29, 0.717) is 29.1 Å². The Morgan fingerprint density at radius 3 is 2.41 bits per heavy atom. The topological polar surface area (TPSA) is 71.1 Å². The molecular weight excluding hydrogens is 428 g/mol. The van der Waals surface area contributed by atoms with E-state index in [1.165, 1.54) is 9.13 Å². The first-order chi connectivity index (χ1) is 16.6. The van der Waals surface area contributed by atoms with Gasteiger partial charge in [0.05, 0.1) is 25.7 Å². The molecule has 170 valence electrons. The van der Waals surface area contributed by atoms with Crippen LogP contribution >= 0.6 is 0 Å². The Kier molecular flexibility index (Phi) is 5.59. The summed E-state index contributed by atoms with van der Waals surface area (Å²) in [5.41, 5.74) is 3.53. The molecule has 0 saturated carbocycles. The largest absolute Gasteiger partial charge is 0.497 e. The number of methoxy groups -OCH3 is 1. The van der Waals surface area contributed by atoms with Crippen LogP contribution in [0.15, 0.2) is 94.8 Å². The molecule has 0 atom stereocenters. The molecule has 2 aromatic heterocycles. The first-order valence-electron chi connectivity index (χ1n) is 11.0. The van der Waals surface area contributed by atoms with Gasteiger partial charge in [-0.1, -0.05) is 60.7 Å². The minimum atomic E-state index is -0.448. The van der Waals surface area contributed by atoms with Crippen LogP contribution in [0.1, 0.15) is 16.7 Å². The summed E-state index contributed by atoms with van der Waals surface area (Å²) >= 11 is 0. The van der Waals surface area contributed by atoms with Crippen molar-refractivity contribution in [2.45, 2.75) is 20.0 Å². The molecule has 7 heteroatoms. The van der Waals surface area contributed by atoms with Crippen LogP contribution in [0, 0.1) is 6.92 Å². The van der Waals surface area contributed by atoms with E-state index in [-0.39, 0.29) is 12.1 Å². The zero-order chi connectivity index (χ0) is 23.7. The van der Waals surface area contributed by atoms with Crippen LogP contribution < -0.4 is 16.0 Å². The molecule has 0 fully saturated rings. The van der Waals surface area contributed by atoms with E-state index in [9.17, 15) is 9.59 Å². The molecule has 7 nitrogen and oxygen atoms in total. The summed E-state index contributed by atoms with van der Waals surface area (Å²) in [6.45, 7) is 2.67. The van der Waals surface area contributed by atoms with Crippen molar-refractivity contribution >= 4 is 11.2 Å². The van der Waals surface area contributed by atoms with E-state index < -0.39 is 5.69 Å². The molecule has 0 saturated heterocycles. The molecule has 5 aromatic rings. The van der Waals surface area contributed by atoms with Crippen molar-refractivity contribution in [1.82, 2.24) is 18.7 Å². The minimum Gasteiger partial charge on any atom is -0.497 e. The Morgan fingerprint density at radius 2 is 1.65 bits per heavy atom. The van der Waals surface area contributed by atoms with Crippen molar-refractivity contribution < 1.29 is 4.74 Å². The van der Waals surface area contributed by atoms with Crippen LogP contribution in [-0.2, 0) is 13.1 Å². The molecule has 0 unspecified atom stereocenters. The highest BCUT2D eigenvalue weighted by Crippen LogP contribution is 2.19. The maximum Gasteiger partial charge on any atom is 0.337 e. The smallest absolute Gasteiger partial charge is 0.337 e. The highest BCUT2D eigenvalue weighted by molar-refractivity contribution is 5.72. The lowest BCUT2D eigenvalue weighted by Gasteiger charge is -2.14. The quantitative estimate of drug-likeness (QED) is 0.393. The van der Waals surface area contributed by atoms with Gasteiger partial charge in [0.15, 0.2) is 11.2 Å². The van der Waals surface area contributed by atoms with Gasteiger partial charge in [0.1, 0.15) is 5.75 Å². The van der Waals surface area contributed by atoms with Gasteiger partial charge in [0.2, 0.25) is 0 Å². The van der Waals surface area contributed by atoms with Crippen molar-refractivity contribution in [2.75, 3.05) is 7.11 Å². The first kappa shape index (κ1) is 21.5. The predicted octanol–water partition coefficient (Wildman–Crippen LogP) is 3.76. The fraction of sp³-hybridized carbons (Fsp3) is 0.148. The molecule has 0 N–H and O–H groups in total. The Morgan fingerprint density at radius 1 is 0.882 bits per heavy atom. The number of hydrogen-bond donors (Lipinski definition) is 0. The highest BCUT2D eigenvalue weighted by atomic mass is 16.5. The number of benzene rings is 3. The minimum absolute atomic E-state index is 0.161. The number of hydrogen-bond acceptors (Lipinski definition) is 4. The summed E-state index contributed by atoms with van der Waals surface area (Å²) in [6, 6.07) is 24.7. The normalized spacial score (nSPS) is 11.1. The van der Waals surface area contributed by atoms with Crippen LogP contribution in [0.3, 0.4) is 0 Å². The van der Waals surface area contributed by atoms with Crippen molar-refractivity contribution in [3.05, 3.63) is 123 Å². The second-order valence-electron chi connectivity index (χ2n) is 8.17. The zero-order valence-corrected chi connectivity index (χ0v) is 19.0. The number of rotatable bonds is 6. The summed E-state index contributed by atoms with van der Waals surface area (Å²) in [7, 11) is 1.57. The van der Waals surface area contributed by atoms with Gasteiger partial charge in [-0.15, -0.1) is 0 Å². The third-order valence-electron chi connectivity index (χ3n) is 6.00. The molecule has 34 heavy (non-hydrogen) atoms. The van der Waals surface area contributed by atoms with Gasteiger partial charge in [-0.3, -0.25) is 9.36 Å². The van der Waals surface area contributed by atoms with Gasteiger partial charge in [-0.05, 0) is 35.7 Å². The molecule has 2 heterocycles. The van der Waals surface area contributed by atoms with Gasteiger partial charge in [0.25, 0.3) is 5.56 Å². The van der Waals surface area contributed by atoms with Gasteiger partial charge in [-0.2, -0.15) is 0 Å². The van der Waals surface area contributed by atoms with Gasteiger partial charge < -0.3 is 9.30 Å². The molecule has 0 aliphatic rings. The number of aromatic nitrogens is 4. The SMILES string of the molecule is COc1cccc(-n2c(=O)n(Cc3ccccc3)c(=O)c3c2ncn3Cc2ccccc2C)c1. The monoisotopic (exact) mass is 452 g/mol. The lowest BCUT2D eigenvalue weighted by Crippen LogP contribution is -2.40. The van der Waals surface area contributed by atoms with Crippen molar-refractivity contribution in [1.29, 1.82) is 0 Å². The second-order valence-corrected chi connectivity index (χ2v) is 8.17. The van der Waals surface area contributed by atoms with Crippen LogP contribution in [0.2, 0.25) is 0 Å². The summed E-state index contributed by atoms with van der Waals surface area (Å²) < 4.78 is 9.94. The Balaban J connectivity index is 1.78. The fourth-order valence-corrected chi connectivity index (χ4v) is 4.16. The van der Waals surface area contributed by atoms with Crippen LogP contribution in [0.25, 0.3) is 16.9 Å². The maximum absolute atomic E-state index is 13.7. The number of ether oxygens (including phenoxy) is 1. The molecule has 0 radical (unpaired) electrons. The third kappa shape index (κ3) is 3.81. The van der Waals surface area contributed by atoms with E-state index in [2.05, 4.69) is 4.98 Å². The van der Waals surface area contributed by atoms with Gasteiger partial charge in [0, 0.05) is 12.6 Å². The average Bonchev–Trinajstić information content (AvgIpc) is 3.27. The van der Waals surface area contributed by atoms with E-state index in [4.69, 9.17) is 4.74 Å². The summed E-state index contributed by atoms with van der Waals surface area (Å²) in [5, 5.41) is 0. The van der Waals surface area contributed by atoms with Crippen molar-refractivity contribution in [3.63, 3.8) is 0 Å². The fourth-order valence-electron chi connectivity index (χ4n) is 4.16. The van der Waals surface area contributed by atoms with E-state index in [1.54, 1.807) is 25.6 Å². The molecule has 0 amide bonds. The molecule has 3 aromatic carbocycles. The van der Waals surface area contributed by atoms with Crippen molar-refractivity contribution in [3.8, 4) is 11.4 Å². The first-order valence-corrected chi connectivity index (χ1v) is 11.0. The highest BCUT2D eigenvalue weighted by Gasteiger charge is 2.20. The summed E-state index contributed by atoms with van der Waals surface area (Å²) in [4.78, 5) is 31.9. The van der Waals surface area contributed by atoms with Crippen LogP contribution in [-0.4, -0.2) is 25.8 Å². The number of imidazole rings is 1.